The Morgan fingerprint density at radius 3 is 1.88 bits per heavy atom. The van der Waals surface area contributed by atoms with E-state index in [-0.39, 0.29) is 13.2 Å². The van der Waals surface area contributed by atoms with Crippen molar-refractivity contribution in [3.63, 3.8) is 0 Å². The summed E-state index contributed by atoms with van der Waals surface area (Å²) in [7, 11) is 1.39. The molecule has 0 radical (unpaired) electrons. The van der Waals surface area contributed by atoms with E-state index in [0.29, 0.717) is 11.1 Å². The maximum atomic E-state index is 13.8. The monoisotopic (exact) mass is 451 g/mol. The highest BCUT2D eigenvalue weighted by atomic mass is 16.6. The number of piperidine rings is 1. The van der Waals surface area contributed by atoms with Crippen LogP contribution in [0.4, 0.5) is 0 Å². The van der Waals surface area contributed by atoms with Gasteiger partial charge in [0.1, 0.15) is 11.5 Å². The molecule has 0 aromatic heterocycles. The van der Waals surface area contributed by atoms with E-state index in [4.69, 9.17) is 14.2 Å². The van der Waals surface area contributed by atoms with E-state index in [0.717, 1.165) is 4.90 Å². The van der Waals surface area contributed by atoms with Gasteiger partial charge in [0.15, 0.2) is 0 Å². The Balaban J connectivity index is 2.15. The molecule has 2 aliphatic heterocycles. The van der Waals surface area contributed by atoms with E-state index in [1.165, 1.54) is 7.11 Å². The number of carbonyl (C=O) groups is 4. The van der Waals surface area contributed by atoms with Crippen molar-refractivity contribution < 1.29 is 33.4 Å². The molecule has 0 aliphatic carbocycles. The number of nitrogens with zero attached hydrogens (tertiary/aromatic N) is 1. The van der Waals surface area contributed by atoms with E-state index in [2.05, 4.69) is 0 Å². The first-order valence-corrected chi connectivity index (χ1v) is 10.8. The van der Waals surface area contributed by atoms with Crippen LogP contribution in [0.3, 0.4) is 0 Å². The minimum Gasteiger partial charge on any atom is -0.464 e. The summed E-state index contributed by atoms with van der Waals surface area (Å²) in [5, 5.41) is 0. The van der Waals surface area contributed by atoms with Gasteiger partial charge < -0.3 is 14.2 Å². The highest BCUT2D eigenvalue weighted by Crippen LogP contribution is 2.62. The fourth-order valence-corrected chi connectivity index (χ4v) is 5.39. The van der Waals surface area contributed by atoms with E-state index >= 15 is 0 Å². The third-order valence-electron chi connectivity index (χ3n) is 6.46. The third-order valence-corrected chi connectivity index (χ3v) is 6.46. The van der Waals surface area contributed by atoms with Crippen LogP contribution in [-0.2, 0) is 38.8 Å². The molecule has 2 heterocycles. The van der Waals surface area contributed by atoms with Gasteiger partial charge in [0.05, 0.1) is 19.3 Å². The van der Waals surface area contributed by atoms with Crippen LogP contribution in [0.2, 0.25) is 0 Å². The van der Waals surface area contributed by atoms with E-state index in [1.54, 1.807) is 74.5 Å². The van der Waals surface area contributed by atoms with Crippen molar-refractivity contribution in [2.45, 2.75) is 36.9 Å². The van der Waals surface area contributed by atoms with Crippen LogP contribution < -0.4 is 0 Å². The van der Waals surface area contributed by atoms with Crippen molar-refractivity contribution in [1.29, 1.82) is 0 Å². The highest BCUT2D eigenvalue weighted by Gasteiger charge is 2.88. The zero-order chi connectivity index (χ0) is 23.8. The Morgan fingerprint density at radius 1 is 0.879 bits per heavy atom. The van der Waals surface area contributed by atoms with Crippen LogP contribution in [-0.4, -0.2) is 60.5 Å². The van der Waals surface area contributed by atoms with Gasteiger partial charge in [0.2, 0.25) is 5.78 Å². The second kappa shape index (κ2) is 8.44. The lowest BCUT2D eigenvalue weighted by Crippen LogP contribution is -2.66. The summed E-state index contributed by atoms with van der Waals surface area (Å²) in [6.07, 6.45) is -1.05. The molecule has 1 amide bonds. The summed E-state index contributed by atoms with van der Waals surface area (Å²) in [6.45, 7) is 3.05. The number of benzene rings is 2. The lowest BCUT2D eigenvalue weighted by molar-refractivity contribution is -0.177. The average Bonchev–Trinajstić information content (AvgIpc) is 3.23. The van der Waals surface area contributed by atoms with Gasteiger partial charge in [-0.2, -0.15) is 0 Å². The quantitative estimate of drug-likeness (QED) is 0.361. The Morgan fingerprint density at radius 2 is 1.39 bits per heavy atom. The molecule has 8 nitrogen and oxygen atoms in total. The van der Waals surface area contributed by atoms with Crippen molar-refractivity contribution in [2.24, 2.45) is 0 Å². The average molecular weight is 451 g/mol. The SMILES string of the molecule is CCOC(=O)C1(C(=O)OCC)N2C(=O)C(=O)C1(c1ccccc1)C(OC)C2c1ccccc1. The Bertz CT molecular complexity index is 1070. The molecule has 33 heavy (non-hydrogen) atoms. The number of ketones is 1. The van der Waals surface area contributed by atoms with Crippen molar-refractivity contribution >= 4 is 23.6 Å². The number of Topliss-reactive ketones (excluding diaryl/α,β-unsaturated/α-hetero) is 1. The van der Waals surface area contributed by atoms with E-state index in [1.807, 2.05) is 0 Å². The van der Waals surface area contributed by atoms with Gasteiger partial charge >= 0.3 is 11.9 Å². The molecule has 2 fully saturated rings. The molecular weight excluding hydrogens is 426 g/mol. The van der Waals surface area contributed by atoms with Gasteiger partial charge in [-0.15, -0.1) is 0 Å². The number of hydrogen-bond acceptors (Lipinski definition) is 7. The molecule has 0 N–H and O–H groups in total. The number of hydrogen-bond donors (Lipinski definition) is 0. The van der Waals surface area contributed by atoms with Crippen LogP contribution in [0.1, 0.15) is 31.0 Å². The van der Waals surface area contributed by atoms with Crippen LogP contribution in [0, 0.1) is 0 Å². The minimum absolute atomic E-state index is 0.0608. The predicted octanol–water partition coefficient (Wildman–Crippen LogP) is 1.97. The topological polar surface area (TPSA) is 99.2 Å². The highest BCUT2D eigenvalue weighted by molar-refractivity contribution is 6.48. The Hall–Kier alpha value is -3.52. The number of rotatable bonds is 7. The Labute approximate surface area is 191 Å². The molecule has 2 saturated heterocycles. The molecule has 2 aromatic carbocycles. The third kappa shape index (κ3) is 2.73. The van der Waals surface area contributed by atoms with Gasteiger partial charge in [-0.05, 0) is 25.0 Å². The standard InChI is InChI=1S/C25H25NO7/c1-4-32-22(29)25(23(30)33-5-2)24(17-14-10-7-11-15-17)19(27)21(28)26(25)18(20(24)31-3)16-12-8-6-9-13-16/h6-15,18,20H,4-5H2,1-3H3. The van der Waals surface area contributed by atoms with Crippen LogP contribution in [0.25, 0.3) is 0 Å². The van der Waals surface area contributed by atoms with Gasteiger partial charge in [-0.25, -0.2) is 9.59 Å². The largest absolute Gasteiger partial charge is 0.464 e. The number of esters is 2. The fraction of sp³-hybridized carbons (Fsp3) is 0.360. The summed E-state index contributed by atoms with van der Waals surface area (Å²) in [4.78, 5) is 55.8. The smallest absolute Gasteiger partial charge is 0.345 e. The number of amides is 1. The molecule has 8 heteroatoms. The van der Waals surface area contributed by atoms with Gasteiger partial charge in [0.25, 0.3) is 11.4 Å². The summed E-state index contributed by atoms with van der Waals surface area (Å²) in [5.41, 5.74) is -3.47. The van der Waals surface area contributed by atoms with Gasteiger partial charge in [0, 0.05) is 7.11 Å². The number of methoxy groups -OCH3 is 1. The normalized spacial score (nSPS) is 25.2. The van der Waals surface area contributed by atoms with Crippen molar-refractivity contribution in [3.8, 4) is 0 Å². The lowest BCUT2D eigenvalue weighted by atomic mass is 9.62. The maximum absolute atomic E-state index is 13.8. The molecule has 0 saturated carbocycles. The Kier molecular flexibility index (Phi) is 5.80. The van der Waals surface area contributed by atoms with Crippen molar-refractivity contribution in [3.05, 3.63) is 71.8 Å². The number of fused-ring (bicyclic) bond motifs is 2. The number of ether oxygens (including phenoxy) is 3. The molecule has 0 spiro atoms. The first-order chi connectivity index (χ1) is 15.9. The first-order valence-electron chi connectivity index (χ1n) is 10.8. The molecule has 3 atom stereocenters. The molecule has 172 valence electrons. The summed E-state index contributed by atoms with van der Waals surface area (Å²) in [6, 6.07) is 16.3. The molecule has 2 aromatic rings. The summed E-state index contributed by atoms with van der Waals surface area (Å²) in [5.74, 6) is -3.91. The van der Waals surface area contributed by atoms with Gasteiger partial charge in [-0.1, -0.05) is 60.7 Å². The van der Waals surface area contributed by atoms with Crippen molar-refractivity contribution in [1.82, 2.24) is 4.90 Å². The van der Waals surface area contributed by atoms with Crippen LogP contribution in [0.15, 0.2) is 60.7 Å². The predicted molar refractivity (Wildman–Crippen MR) is 116 cm³/mol. The molecular formula is C25H25NO7. The van der Waals surface area contributed by atoms with Gasteiger partial charge in [-0.3, -0.25) is 14.5 Å². The molecule has 2 aliphatic rings. The summed E-state index contributed by atoms with van der Waals surface area (Å²) < 4.78 is 16.6. The van der Waals surface area contributed by atoms with Crippen LogP contribution >= 0.6 is 0 Å². The second-order valence-electron chi connectivity index (χ2n) is 7.84. The second-order valence-corrected chi connectivity index (χ2v) is 7.84. The van der Waals surface area contributed by atoms with E-state index < -0.39 is 46.7 Å². The van der Waals surface area contributed by atoms with Crippen LogP contribution in [0.5, 0.6) is 0 Å². The molecule has 4 rings (SSSR count). The first kappa shape index (κ1) is 22.7. The zero-order valence-corrected chi connectivity index (χ0v) is 18.6. The molecule has 2 bridgehead atoms. The fourth-order valence-electron chi connectivity index (χ4n) is 5.39. The summed E-state index contributed by atoms with van der Waals surface area (Å²) >= 11 is 0. The number of carbonyl (C=O) groups excluding carboxylic acids is 4. The minimum atomic E-state index is -2.38. The van der Waals surface area contributed by atoms with E-state index in [9.17, 15) is 19.2 Å². The lowest BCUT2D eigenvalue weighted by Gasteiger charge is -2.38. The molecule has 3 unspecified atom stereocenters. The zero-order valence-electron chi connectivity index (χ0n) is 18.6. The maximum Gasteiger partial charge on any atom is 0.345 e. The van der Waals surface area contributed by atoms with Crippen molar-refractivity contribution in [2.75, 3.05) is 20.3 Å².